The van der Waals surface area contributed by atoms with E-state index < -0.39 is 0 Å². The van der Waals surface area contributed by atoms with Crippen LogP contribution in [0.3, 0.4) is 0 Å². The summed E-state index contributed by atoms with van der Waals surface area (Å²) < 4.78 is 5.83. The van der Waals surface area contributed by atoms with E-state index in [9.17, 15) is 4.79 Å². The number of hydrogen-bond donors (Lipinski definition) is 0. The maximum atomic E-state index is 12.3. The van der Waals surface area contributed by atoms with Crippen molar-refractivity contribution in [1.29, 1.82) is 0 Å². The molecule has 2 aromatic rings. The van der Waals surface area contributed by atoms with Gasteiger partial charge in [0.15, 0.2) is 5.78 Å². The van der Waals surface area contributed by atoms with Gasteiger partial charge in [-0.1, -0.05) is 30.3 Å². The molecule has 2 heterocycles. The maximum absolute atomic E-state index is 12.3. The van der Waals surface area contributed by atoms with E-state index in [4.69, 9.17) is 4.42 Å². The fourth-order valence-electron chi connectivity index (χ4n) is 3.16. The number of rotatable bonds is 5. The van der Waals surface area contributed by atoms with Crippen molar-refractivity contribution in [2.24, 2.45) is 0 Å². The van der Waals surface area contributed by atoms with Crippen LogP contribution in [0.15, 0.2) is 34.7 Å². The number of benzene rings is 1. The van der Waals surface area contributed by atoms with Gasteiger partial charge in [-0.2, -0.15) is 0 Å². The fraction of sp³-hybridized carbons (Fsp3) is 0.500. The third-order valence-corrected chi connectivity index (χ3v) is 4.78. The van der Waals surface area contributed by atoms with E-state index in [0.717, 1.165) is 43.3 Å². The summed E-state index contributed by atoms with van der Waals surface area (Å²) in [5, 5.41) is 8.41. The van der Waals surface area contributed by atoms with Crippen LogP contribution in [0.1, 0.15) is 59.7 Å². The Morgan fingerprint density at radius 3 is 2.22 bits per heavy atom. The van der Waals surface area contributed by atoms with Gasteiger partial charge in [0.05, 0.1) is 6.54 Å². The van der Waals surface area contributed by atoms with E-state index in [1.54, 1.807) is 0 Å². The number of Topliss-reactive ketones (excluding diaryl/α,β-unsaturated/α-hetero) is 1. The summed E-state index contributed by atoms with van der Waals surface area (Å²) in [6, 6.07) is 9.52. The predicted octanol–water partition coefficient (Wildman–Crippen LogP) is 3.01. The molecular weight excluding hydrogens is 290 g/mol. The van der Waals surface area contributed by atoms with Crippen LogP contribution in [0.2, 0.25) is 0 Å². The average Bonchev–Trinajstić information content (AvgIpc) is 3.34. The van der Waals surface area contributed by atoms with Crippen LogP contribution in [0.5, 0.6) is 0 Å². The third-order valence-electron chi connectivity index (χ3n) is 4.78. The lowest BCUT2D eigenvalue weighted by molar-refractivity contribution is 0.0905. The van der Waals surface area contributed by atoms with E-state index in [0.29, 0.717) is 18.4 Å². The zero-order valence-electron chi connectivity index (χ0n) is 13.1. The van der Waals surface area contributed by atoms with E-state index in [1.165, 1.54) is 12.8 Å². The average molecular weight is 311 g/mol. The Balaban J connectivity index is 1.31. The van der Waals surface area contributed by atoms with E-state index in [-0.39, 0.29) is 5.78 Å². The van der Waals surface area contributed by atoms with Crippen LogP contribution in [0, 0.1) is 0 Å². The van der Waals surface area contributed by atoms with Gasteiger partial charge in [-0.15, -0.1) is 10.2 Å². The molecule has 2 fully saturated rings. The van der Waals surface area contributed by atoms with E-state index in [2.05, 4.69) is 15.1 Å². The molecule has 0 spiro atoms. The van der Waals surface area contributed by atoms with Crippen molar-refractivity contribution in [1.82, 2.24) is 15.1 Å². The van der Waals surface area contributed by atoms with Gasteiger partial charge in [0.2, 0.25) is 11.8 Å². The van der Waals surface area contributed by atoms with Crippen molar-refractivity contribution in [3.05, 3.63) is 47.7 Å². The first-order valence-electron chi connectivity index (χ1n) is 8.43. The lowest BCUT2D eigenvalue weighted by Crippen LogP contribution is -2.36. The number of carbonyl (C=O) groups excluding carboxylic acids is 1. The predicted molar refractivity (Wildman–Crippen MR) is 85.5 cm³/mol. The molecule has 5 heteroatoms. The molecule has 4 rings (SSSR count). The molecule has 5 nitrogen and oxygen atoms in total. The molecule has 1 saturated heterocycles. The molecular formula is C18H21N3O2. The number of hydrogen-bond acceptors (Lipinski definition) is 5. The maximum Gasteiger partial charge on any atom is 0.219 e. The molecule has 1 aliphatic carbocycles. The Morgan fingerprint density at radius 2 is 1.61 bits per heavy atom. The second-order valence-corrected chi connectivity index (χ2v) is 6.59. The Labute approximate surface area is 135 Å². The lowest BCUT2D eigenvalue weighted by atomic mass is 9.96. The summed E-state index contributed by atoms with van der Waals surface area (Å²) in [6.07, 6.45) is 4.33. The first-order chi connectivity index (χ1) is 11.3. The lowest BCUT2D eigenvalue weighted by Gasteiger charge is -2.29. The summed E-state index contributed by atoms with van der Waals surface area (Å²) in [5.41, 5.74) is 0.792. The van der Waals surface area contributed by atoms with Gasteiger partial charge >= 0.3 is 0 Å². The van der Waals surface area contributed by atoms with Crippen LogP contribution < -0.4 is 0 Å². The quantitative estimate of drug-likeness (QED) is 0.794. The van der Waals surface area contributed by atoms with Crippen LogP contribution in [0.25, 0.3) is 0 Å². The van der Waals surface area contributed by atoms with Crippen LogP contribution in [-0.2, 0) is 0 Å². The number of piperidine rings is 1. The van der Waals surface area contributed by atoms with Gasteiger partial charge in [-0.05, 0) is 38.8 Å². The highest BCUT2D eigenvalue weighted by atomic mass is 16.4. The number of aromatic nitrogens is 2. The monoisotopic (exact) mass is 311 g/mol. The van der Waals surface area contributed by atoms with Gasteiger partial charge in [-0.3, -0.25) is 9.69 Å². The van der Waals surface area contributed by atoms with Gasteiger partial charge in [0.1, 0.15) is 0 Å². The van der Waals surface area contributed by atoms with Crippen molar-refractivity contribution >= 4 is 5.78 Å². The van der Waals surface area contributed by atoms with Crippen LogP contribution in [-0.4, -0.2) is 40.5 Å². The van der Waals surface area contributed by atoms with Crippen molar-refractivity contribution in [2.75, 3.05) is 19.6 Å². The van der Waals surface area contributed by atoms with Crippen LogP contribution in [0.4, 0.5) is 0 Å². The smallest absolute Gasteiger partial charge is 0.219 e. The Kier molecular flexibility index (Phi) is 3.95. The minimum atomic E-state index is 0.192. The molecule has 0 atom stereocenters. The third kappa shape index (κ3) is 3.34. The zero-order valence-corrected chi connectivity index (χ0v) is 13.1. The standard InChI is InChI=1S/C18H21N3O2/c22-16(13-4-2-1-3-5-13)12-21-10-8-15(9-11-21)18-20-19-17(23-18)14-6-7-14/h1-5,14-15H,6-12H2. The van der Waals surface area contributed by atoms with Crippen molar-refractivity contribution in [2.45, 2.75) is 37.5 Å². The Bertz CT molecular complexity index is 671. The van der Waals surface area contributed by atoms with Gasteiger partial charge in [-0.25, -0.2) is 0 Å². The second kappa shape index (κ2) is 6.24. The minimum absolute atomic E-state index is 0.192. The second-order valence-electron chi connectivity index (χ2n) is 6.59. The molecule has 0 amide bonds. The number of likely N-dealkylation sites (tertiary alicyclic amines) is 1. The zero-order chi connectivity index (χ0) is 15.6. The first kappa shape index (κ1) is 14.6. The Morgan fingerprint density at radius 1 is 1.00 bits per heavy atom. The summed E-state index contributed by atoms with van der Waals surface area (Å²) in [7, 11) is 0. The highest BCUT2D eigenvalue weighted by Crippen LogP contribution is 2.40. The fourth-order valence-corrected chi connectivity index (χ4v) is 3.16. The molecule has 1 aliphatic heterocycles. The molecule has 120 valence electrons. The van der Waals surface area contributed by atoms with Crippen molar-refractivity contribution in [3.8, 4) is 0 Å². The SMILES string of the molecule is O=C(CN1CCC(c2nnc(C3CC3)o2)CC1)c1ccccc1. The number of ketones is 1. The topological polar surface area (TPSA) is 59.2 Å². The summed E-state index contributed by atoms with van der Waals surface area (Å²) in [6.45, 7) is 2.31. The normalized spacial score (nSPS) is 19.8. The van der Waals surface area contributed by atoms with E-state index >= 15 is 0 Å². The first-order valence-corrected chi connectivity index (χ1v) is 8.43. The molecule has 1 aromatic carbocycles. The number of nitrogens with zero attached hydrogens (tertiary/aromatic N) is 3. The molecule has 0 bridgehead atoms. The van der Waals surface area contributed by atoms with Crippen LogP contribution >= 0.6 is 0 Å². The summed E-state index contributed by atoms with van der Waals surface area (Å²) >= 11 is 0. The molecule has 0 N–H and O–H groups in total. The Hall–Kier alpha value is -2.01. The molecule has 0 unspecified atom stereocenters. The van der Waals surface area contributed by atoms with Gasteiger partial charge in [0, 0.05) is 17.4 Å². The summed E-state index contributed by atoms with van der Waals surface area (Å²) in [5.74, 6) is 2.67. The minimum Gasteiger partial charge on any atom is -0.425 e. The molecule has 1 aromatic heterocycles. The van der Waals surface area contributed by atoms with Crippen molar-refractivity contribution in [3.63, 3.8) is 0 Å². The molecule has 0 radical (unpaired) electrons. The molecule has 1 saturated carbocycles. The van der Waals surface area contributed by atoms with E-state index in [1.807, 2.05) is 30.3 Å². The largest absolute Gasteiger partial charge is 0.425 e. The highest BCUT2D eigenvalue weighted by Gasteiger charge is 2.31. The van der Waals surface area contributed by atoms with Crippen molar-refractivity contribution < 1.29 is 9.21 Å². The van der Waals surface area contributed by atoms with Gasteiger partial charge < -0.3 is 4.42 Å². The summed E-state index contributed by atoms with van der Waals surface area (Å²) in [4.78, 5) is 14.5. The number of carbonyl (C=O) groups is 1. The van der Waals surface area contributed by atoms with Gasteiger partial charge in [0.25, 0.3) is 0 Å². The molecule has 23 heavy (non-hydrogen) atoms. The molecule has 2 aliphatic rings. The highest BCUT2D eigenvalue weighted by molar-refractivity contribution is 5.97.